The number of benzene rings is 2. The molecule has 2 aromatic carbocycles. The molecule has 0 fully saturated rings. The summed E-state index contributed by atoms with van der Waals surface area (Å²) in [5, 5.41) is 10.4. The molecule has 0 aromatic heterocycles. The van der Waals surface area contributed by atoms with Crippen LogP contribution in [0.15, 0.2) is 46.9 Å². The predicted molar refractivity (Wildman–Crippen MR) is 92.7 cm³/mol. The maximum absolute atomic E-state index is 10.4. The third-order valence-corrected chi connectivity index (χ3v) is 4.45. The van der Waals surface area contributed by atoms with Crippen LogP contribution < -0.4 is 0 Å². The summed E-state index contributed by atoms with van der Waals surface area (Å²) in [6.45, 7) is 8.67. The zero-order chi connectivity index (χ0) is 15.6. The van der Waals surface area contributed by atoms with Gasteiger partial charge in [0.05, 0.1) is 6.10 Å². The summed E-state index contributed by atoms with van der Waals surface area (Å²) >= 11 is 3.54. The zero-order valence-corrected chi connectivity index (χ0v) is 14.7. The SMILES string of the molecule is Cc1ccc(C(O)Cc2ccc(C(C)(C)C)cc2)c(Br)c1. The third kappa shape index (κ3) is 4.18. The largest absolute Gasteiger partial charge is 0.388 e. The standard InChI is InChI=1S/C19H23BrO/c1-13-5-10-16(17(20)11-13)18(21)12-14-6-8-15(9-7-14)19(2,3)4/h5-11,18,21H,12H2,1-4H3. The first-order chi connectivity index (χ1) is 9.77. The highest BCUT2D eigenvalue weighted by atomic mass is 79.9. The first kappa shape index (κ1) is 16.3. The lowest BCUT2D eigenvalue weighted by Crippen LogP contribution is -2.11. The van der Waals surface area contributed by atoms with Crippen LogP contribution in [0.2, 0.25) is 0 Å². The molecule has 1 nitrogen and oxygen atoms in total. The quantitative estimate of drug-likeness (QED) is 0.795. The van der Waals surface area contributed by atoms with Crippen LogP contribution in [0.4, 0.5) is 0 Å². The minimum atomic E-state index is -0.486. The number of aliphatic hydroxyl groups excluding tert-OH is 1. The van der Waals surface area contributed by atoms with Gasteiger partial charge >= 0.3 is 0 Å². The van der Waals surface area contributed by atoms with Crippen molar-refractivity contribution in [2.45, 2.75) is 45.6 Å². The van der Waals surface area contributed by atoms with E-state index in [1.807, 2.05) is 25.1 Å². The van der Waals surface area contributed by atoms with E-state index < -0.39 is 6.10 Å². The maximum Gasteiger partial charge on any atom is 0.0841 e. The van der Waals surface area contributed by atoms with E-state index in [2.05, 4.69) is 61.0 Å². The molecule has 0 aliphatic heterocycles. The predicted octanol–water partition coefficient (Wildman–Crippen LogP) is 5.33. The molecule has 0 radical (unpaired) electrons. The van der Waals surface area contributed by atoms with Crippen LogP contribution in [0.3, 0.4) is 0 Å². The molecule has 0 aliphatic rings. The highest BCUT2D eigenvalue weighted by Gasteiger charge is 2.15. The highest BCUT2D eigenvalue weighted by molar-refractivity contribution is 9.10. The Bertz CT molecular complexity index is 608. The minimum Gasteiger partial charge on any atom is -0.388 e. The van der Waals surface area contributed by atoms with Gasteiger partial charge in [0.1, 0.15) is 0 Å². The number of aliphatic hydroxyl groups is 1. The van der Waals surface area contributed by atoms with Crippen molar-refractivity contribution in [1.82, 2.24) is 0 Å². The van der Waals surface area contributed by atoms with Gasteiger partial charge in [-0.15, -0.1) is 0 Å². The normalized spacial score (nSPS) is 13.2. The molecular formula is C19H23BrO. The lowest BCUT2D eigenvalue weighted by Gasteiger charge is -2.20. The van der Waals surface area contributed by atoms with Crippen LogP contribution in [0.5, 0.6) is 0 Å². The average molecular weight is 347 g/mol. The van der Waals surface area contributed by atoms with E-state index in [4.69, 9.17) is 0 Å². The average Bonchev–Trinajstić information content (AvgIpc) is 2.38. The zero-order valence-electron chi connectivity index (χ0n) is 13.2. The van der Waals surface area contributed by atoms with Crippen LogP contribution >= 0.6 is 15.9 Å². The summed E-state index contributed by atoms with van der Waals surface area (Å²) in [5.41, 5.74) is 4.77. The molecule has 0 amide bonds. The van der Waals surface area contributed by atoms with Crippen molar-refractivity contribution in [1.29, 1.82) is 0 Å². The van der Waals surface area contributed by atoms with Gasteiger partial charge in [-0.2, -0.15) is 0 Å². The molecule has 1 N–H and O–H groups in total. The first-order valence-corrected chi connectivity index (χ1v) is 8.10. The molecule has 0 spiro atoms. The van der Waals surface area contributed by atoms with E-state index in [9.17, 15) is 5.11 Å². The second-order valence-electron chi connectivity index (χ2n) is 6.69. The van der Waals surface area contributed by atoms with E-state index in [1.54, 1.807) is 0 Å². The number of hydrogen-bond acceptors (Lipinski definition) is 1. The van der Waals surface area contributed by atoms with Crippen molar-refractivity contribution in [2.24, 2.45) is 0 Å². The number of halogens is 1. The van der Waals surface area contributed by atoms with Gasteiger partial charge in [0.2, 0.25) is 0 Å². The molecule has 0 saturated heterocycles. The van der Waals surface area contributed by atoms with Gasteiger partial charge in [-0.3, -0.25) is 0 Å². The Morgan fingerprint density at radius 3 is 2.19 bits per heavy atom. The fraction of sp³-hybridized carbons (Fsp3) is 0.368. The Labute approximate surface area is 136 Å². The van der Waals surface area contributed by atoms with Crippen LogP contribution in [-0.4, -0.2) is 5.11 Å². The Hall–Kier alpha value is -1.12. The monoisotopic (exact) mass is 346 g/mol. The Morgan fingerprint density at radius 1 is 1.05 bits per heavy atom. The van der Waals surface area contributed by atoms with Gasteiger partial charge in [0.25, 0.3) is 0 Å². The van der Waals surface area contributed by atoms with E-state index in [0.717, 1.165) is 15.6 Å². The smallest absolute Gasteiger partial charge is 0.0841 e. The van der Waals surface area contributed by atoms with Crippen LogP contribution in [0.1, 0.15) is 49.1 Å². The van der Waals surface area contributed by atoms with Crippen LogP contribution in [0.25, 0.3) is 0 Å². The van der Waals surface area contributed by atoms with Gasteiger partial charge in [0.15, 0.2) is 0 Å². The molecule has 21 heavy (non-hydrogen) atoms. The molecular weight excluding hydrogens is 324 g/mol. The van der Waals surface area contributed by atoms with Crippen molar-refractivity contribution in [3.05, 3.63) is 69.2 Å². The maximum atomic E-state index is 10.4. The Morgan fingerprint density at radius 2 is 1.67 bits per heavy atom. The second kappa shape index (κ2) is 6.33. The van der Waals surface area contributed by atoms with E-state index in [1.165, 1.54) is 11.1 Å². The summed E-state index contributed by atoms with van der Waals surface area (Å²) in [6.07, 6.45) is 0.145. The second-order valence-corrected chi connectivity index (χ2v) is 7.55. The molecule has 2 heteroatoms. The van der Waals surface area contributed by atoms with Crippen molar-refractivity contribution in [3.63, 3.8) is 0 Å². The number of aryl methyl sites for hydroxylation is 1. The Balaban J connectivity index is 2.14. The van der Waals surface area contributed by atoms with Crippen molar-refractivity contribution in [3.8, 4) is 0 Å². The fourth-order valence-electron chi connectivity index (χ4n) is 2.38. The highest BCUT2D eigenvalue weighted by Crippen LogP contribution is 2.28. The summed E-state index contributed by atoms with van der Waals surface area (Å²) in [4.78, 5) is 0. The Kier molecular flexibility index (Phi) is 4.90. The summed E-state index contributed by atoms with van der Waals surface area (Å²) < 4.78 is 0.973. The van der Waals surface area contributed by atoms with Gasteiger partial charge in [-0.25, -0.2) is 0 Å². The summed E-state index contributed by atoms with van der Waals surface area (Å²) in [5.74, 6) is 0. The van der Waals surface area contributed by atoms with E-state index in [-0.39, 0.29) is 5.41 Å². The lowest BCUT2D eigenvalue weighted by molar-refractivity contribution is 0.177. The van der Waals surface area contributed by atoms with Crippen molar-refractivity contribution < 1.29 is 5.11 Å². The first-order valence-electron chi connectivity index (χ1n) is 7.31. The molecule has 0 bridgehead atoms. The van der Waals surface area contributed by atoms with E-state index in [0.29, 0.717) is 6.42 Å². The summed E-state index contributed by atoms with van der Waals surface area (Å²) in [6, 6.07) is 14.6. The number of rotatable bonds is 3. The van der Waals surface area contributed by atoms with Gasteiger partial charge in [-0.1, -0.05) is 73.1 Å². The topological polar surface area (TPSA) is 20.2 Å². The molecule has 0 heterocycles. The van der Waals surface area contributed by atoms with Crippen molar-refractivity contribution in [2.75, 3.05) is 0 Å². The van der Waals surface area contributed by atoms with Gasteiger partial charge < -0.3 is 5.11 Å². The van der Waals surface area contributed by atoms with Crippen LogP contribution in [0, 0.1) is 6.92 Å². The molecule has 0 aliphatic carbocycles. The molecule has 2 aromatic rings. The van der Waals surface area contributed by atoms with E-state index >= 15 is 0 Å². The molecule has 112 valence electrons. The minimum absolute atomic E-state index is 0.164. The molecule has 1 unspecified atom stereocenters. The molecule has 0 saturated carbocycles. The molecule has 1 atom stereocenters. The molecule has 2 rings (SSSR count). The number of hydrogen-bond donors (Lipinski definition) is 1. The van der Waals surface area contributed by atoms with Gasteiger partial charge in [0, 0.05) is 10.9 Å². The van der Waals surface area contributed by atoms with Gasteiger partial charge in [-0.05, 0) is 40.7 Å². The fourth-order valence-corrected chi connectivity index (χ4v) is 3.13. The van der Waals surface area contributed by atoms with Crippen molar-refractivity contribution >= 4 is 15.9 Å². The van der Waals surface area contributed by atoms with Crippen LogP contribution in [-0.2, 0) is 11.8 Å². The lowest BCUT2D eigenvalue weighted by atomic mass is 9.86. The summed E-state index contributed by atoms with van der Waals surface area (Å²) in [7, 11) is 0. The third-order valence-electron chi connectivity index (χ3n) is 3.76.